The van der Waals surface area contributed by atoms with E-state index >= 15 is 0 Å². The minimum atomic E-state index is -0.670. The Bertz CT molecular complexity index is 854. The Kier molecular flexibility index (Phi) is 6.17. The van der Waals surface area contributed by atoms with E-state index in [1.54, 1.807) is 13.8 Å². The number of hydrogen-bond acceptors (Lipinski definition) is 5. The van der Waals surface area contributed by atoms with Gasteiger partial charge < -0.3 is 9.15 Å². The maximum Gasteiger partial charge on any atom is 0.291 e. The van der Waals surface area contributed by atoms with E-state index in [9.17, 15) is 10.1 Å². The Morgan fingerprint density at radius 3 is 2.48 bits per heavy atom. The highest BCUT2D eigenvalue weighted by Crippen LogP contribution is 2.48. The molecule has 1 aromatic heterocycles. The summed E-state index contributed by atoms with van der Waals surface area (Å²) in [5, 5.41) is 9.33. The molecule has 2 rings (SSSR count). The molecule has 5 heteroatoms. The summed E-state index contributed by atoms with van der Waals surface area (Å²) in [6, 6.07) is 0. The van der Waals surface area contributed by atoms with Crippen LogP contribution in [0.15, 0.2) is 44.7 Å². The lowest BCUT2D eigenvalue weighted by Gasteiger charge is -2.41. The molecule has 1 aliphatic rings. The lowest BCUT2D eigenvalue weighted by atomic mass is 9.63. The molecule has 0 radical (unpaired) electrons. The van der Waals surface area contributed by atoms with Crippen LogP contribution in [0.4, 0.5) is 0 Å². The Hall–Kier alpha value is -2.11. The average molecular weight is 374 g/mol. The Morgan fingerprint density at radius 1 is 1.33 bits per heavy atom. The monoisotopic (exact) mass is 374 g/mol. The fourth-order valence-electron chi connectivity index (χ4n) is 4.41. The highest BCUT2D eigenvalue weighted by Gasteiger charge is 2.44. The Labute approximate surface area is 160 Å². The number of hydrogen-bond donors (Lipinski definition) is 1. The van der Waals surface area contributed by atoms with E-state index in [0.29, 0.717) is 23.3 Å². The first kappa shape index (κ1) is 21.2. The molecule has 0 aliphatic heterocycles. The smallest absolute Gasteiger partial charge is 0.291 e. The normalized spacial score (nSPS) is 23.5. The summed E-state index contributed by atoms with van der Waals surface area (Å²) < 4.78 is 11.4. The van der Waals surface area contributed by atoms with Crippen LogP contribution in [0.1, 0.15) is 51.0 Å². The fraction of sp³-hybridized carbons (Fsp3) is 0.500. The molecule has 0 saturated carbocycles. The van der Waals surface area contributed by atoms with Crippen LogP contribution in [0, 0.1) is 19.8 Å². The van der Waals surface area contributed by atoms with Crippen LogP contribution in [-0.4, -0.2) is 18.5 Å². The maximum absolute atomic E-state index is 12.8. The molecular weight excluding hydrogens is 344 g/mol. The zero-order chi connectivity index (χ0) is 20.5. The van der Waals surface area contributed by atoms with E-state index in [2.05, 4.69) is 23.6 Å². The van der Waals surface area contributed by atoms with Gasteiger partial charge in [0.05, 0.1) is 18.1 Å². The predicted octanol–water partition coefficient (Wildman–Crippen LogP) is 4.87. The minimum absolute atomic E-state index is 0.0950. The lowest BCUT2D eigenvalue weighted by molar-refractivity contribution is -0.270. The molecule has 3 atom stereocenters. The van der Waals surface area contributed by atoms with Crippen molar-refractivity contribution in [3.05, 3.63) is 62.6 Å². The minimum Gasteiger partial charge on any atom is -0.468 e. The molecule has 0 bridgehead atoms. The van der Waals surface area contributed by atoms with Gasteiger partial charge in [-0.15, -0.1) is 0 Å². The first-order valence-electron chi connectivity index (χ1n) is 9.17. The number of methoxy groups -OCH3 is 1. The first-order valence-corrected chi connectivity index (χ1v) is 9.17. The number of rotatable bonds is 6. The lowest BCUT2D eigenvalue weighted by Crippen LogP contribution is -2.39. The molecule has 1 N–H and O–H groups in total. The van der Waals surface area contributed by atoms with Gasteiger partial charge in [-0.3, -0.25) is 10.1 Å². The van der Waals surface area contributed by atoms with Gasteiger partial charge in [-0.25, -0.2) is 4.89 Å². The molecule has 0 saturated heterocycles. The van der Waals surface area contributed by atoms with E-state index in [4.69, 9.17) is 9.15 Å². The molecule has 0 aromatic carbocycles. The topological polar surface area (TPSA) is 68.9 Å². The van der Waals surface area contributed by atoms with E-state index in [1.165, 1.54) is 7.11 Å². The quantitative estimate of drug-likeness (QED) is 0.437. The molecular formula is C22H30O5. The largest absolute Gasteiger partial charge is 0.468 e. The van der Waals surface area contributed by atoms with Crippen molar-refractivity contribution in [1.29, 1.82) is 0 Å². The second-order valence-electron chi connectivity index (χ2n) is 7.57. The van der Waals surface area contributed by atoms with Gasteiger partial charge in [0, 0.05) is 11.5 Å². The molecule has 5 nitrogen and oxygen atoms in total. The third-order valence-electron chi connectivity index (χ3n) is 5.52. The summed E-state index contributed by atoms with van der Waals surface area (Å²) in [5.74, 6) is 0.558. The van der Waals surface area contributed by atoms with Gasteiger partial charge in [-0.05, 0) is 46.6 Å². The van der Waals surface area contributed by atoms with Crippen LogP contribution in [-0.2, 0) is 10.3 Å². The fourth-order valence-corrected chi connectivity index (χ4v) is 4.41. The van der Waals surface area contributed by atoms with Gasteiger partial charge in [0.1, 0.15) is 11.9 Å². The summed E-state index contributed by atoms with van der Waals surface area (Å²) in [6.45, 7) is 15.7. The Morgan fingerprint density at radius 2 is 1.96 bits per heavy atom. The van der Waals surface area contributed by atoms with Crippen LogP contribution in [0.2, 0.25) is 0 Å². The number of ether oxygens (including phenoxy) is 1. The summed E-state index contributed by atoms with van der Waals surface area (Å²) in [5.41, 5.74) is 3.11. The van der Waals surface area contributed by atoms with Gasteiger partial charge in [-0.2, -0.15) is 0 Å². The molecule has 1 aliphatic carbocycles. The van der Waals surface area contributed by atoms with E-state index in [-0.39, 0.29) is 17.3 Å². The van der Waals surface area contributed by atoms with E-state index < -0.39 is 11.5 Å². The molecule has 0 fully saturated rings. The SMILES string of the molecule is C=C(C1C(C)=CC(C)=C[C@]1(C)c1oc(OC)c(C)c(=O)c1C)[C@@H](CC)OO. The second-order valence-corrected chi connectivity index (χ2v) is 7.57. The summed E-state index contributed by atoms with van der Waals surface area (Å²) in [7, 11) is 1.49. The molecule has 1 unspecified atom stereocenters. The van der Waals surface area contributed by atoms with Crippen LogP contribution >= 0.6 is 0 Å². The van der Waals surface area contributed by atoms with Gasteiger partial charge in [0.15, 0.2) is 5.43 Å². The molecule has 0 amide bonds. The van der Waals surface area contributed by atoms with E-state index in [0.717, 1.165) is 16.7 Å². The molecule has 1 aromatic rings. The van der Waals surface area contributed by atoms with Crippen LogP contribution in [0.3, 0.4) is 0 Å². The Balaban J connectivity index is 2.77. The van der Waals surface area contributed by atoms with Crippen molar-refractivity contribution in [3.8, 4) is 5.95 Å². The van der Waals surface area contributed by atoms with Crippen molar-refractivity contribution in [3.63, 3.8) is 0 Å². The average Bonchev–Trinajstić information content (AvgIpc) is 2.60. The third kappa shape index (κ3) is 3.54. The van der Waals surface area contributed by atoms with Crippen molar-refractivity contribution in [2.75, 3.05) is 7.11 Å². The molecule has 27 heavy (non-hydrogen) atoms. The van der Waals surface area contributed by atoms with Crippen molar-refractivity contribution >= 4 is 0 Å². The van der Waals surface area contributed by atoms with Crippen LogP contribution in [0.25, 0.3) is 0 Å². The first-order chi connectivity index (χ1) is 12.6. The zero-order valence-corrected chi connectivity index (χ0v) is 17.3. The standard InChI is InChI=1S/C22H30O5/c1-9-17(27-24)14(4)18-13(3)10-12(2)11-22(18,7)20-15(5)19(23)16(6)21(25-8)26-20/h10-11,17-18,24H,4,9H2,1-3,5-8H3/t17-,18?,22+/m1/s1. The van der Waals surface area contributed by atoms with Gasteiger partial charge in [-0.1, -0.05) is 36.8 Å². The second kappa shape index (κ2) is 7.87. The van der Waals surface area contributed by atoms with Gasteiger partial charge in [0.2, 0.25) is 0 Å². The number of allylic oxidation sites excluding steroid dienone is 4. The van der Waals surface area contributed by atoms with E-state index in [1.807, 2.05) is 27.7 Å². The third-order valence-corrected chi connectivity index (χ3v) is 5.52. The van der Waals surface area contributed by atoms with Gasteiger partial charge in [0.25, 0.3) is 5.95 Å². The van der Waals surface area contributed by atoms with Crippen molar-refractivity contribution in [1.82, 2.24) is 0 Å². The molecule has 0 spiro atoms. The molecule has 148 valence electrons. The summed E-state index contributed by atoms with van der Waals surface area (Å²) >= 11 is 0. The van der Waals surface area contributed by atoms with Gasteiger partial charge >= 0.3 is 0 Å². The predicted molar refractivity (Wildman–Crippen MR) is 106 cm³/mol. The van der Waals surface area contributed by atoms with Crippen molar-refractivity contribution in [2.45, 2.75) is 59.5 Å². The van der Waals surface area contributed by atoms with Crippen molar-refractivity contribution in [2.24, 2.45) is 5.92 Å². The summed E-state index contributed by atoms with van der Waals surface area (Å²) in [4.78, 5) is 17.4. The summed E-state index contributed by atoms with van der Waals surface area (Å²) in [6.07, 6.45) is 4.24. The maximum atomic E-state index is 12.8. The molecule has 1 heterocycles. The zero-order valence-electron chi connectivity index (χ0n) is 17.3. The van der Waals surface area contributed by atoms with Crippen LogP contribution in [0.5, 0.6) is 5.95 Å². The van der Waals surface area contributed by atoms with Crippen LogP contribution < -0.4 is 10.2 Å². The highest BCUT2D eigenvalue weighted by atomic mass is 17.1. The highest BCUT2D eigenvalue weighted by molar-refractivity contribution is 5.47. The van der Waals surface area contributed by atoms with Crippen molar-refractivity contribution < 1.29 is 19.3 Å².